The SMILES string of the molecule is CCOC(=O)C1=C(C)OC(N)=C(C#N)C1c1ccc(OC)c(COc2cc(C)c(Cl)cc2C(C)C)c1. The summed E-state index contributed by atoms with van der Waals surface area (Å²) in [6.07, 6.45) is 0. The molecule has 0 spiro atoms. The quantitative estimate of drug-likeness (QED) is 0.434. The number of methoxy groups -OCH3 is 1. The van der Waals surface area contributed by atoms with Gasteiger partial charge in [-0.15, -0.1) is 0 Å². The summed E-state index contributed by atoms with van der Waals surface area (Å²) in [5.41, 5.74) is 9.71. The summed E-state index contributed by atoms with van der Waals surface area (Å²) in [5, 5.41) is 10.5. The number of benzene rings is 2. The second kappa shape index (κ2) is 11.4. The van der Waals surface area contributed by atoms with E-state index >= 15 is 0 Å². The first-order valence-corrected chi connectivity index (χ1v) is 12.1. The van der Waals surface area contributed by atoms with Crippen LogP contribution in [0.25, 0.3) is 0 Å². The van der Waals surface area contributed by atoms with E-state index in [-0.39, 0.29) is 36.2 Å². The Morgan fingerprint density at radius 2 is 1.94 bits per heavy atom. The Balaban J connectivity index is 2.06. The average Bonchev–Trinajstić information content (AvgIpc) is 2.83. The summed E-state index contributed by atoms with van der Waals surface area (Å²) in [5.74, 6) is 0.483. The Morgan fingerprint density at radius 1 is 1.22 bits per heavy atom. The molecule has 1 aliphatic rings. The molecule has 1 atom stereocenters. The summed E-state index contributed by atoms with van der Waals surface area (Å²) >= 11 is 6.35. The molecule has 7 nitrogen and oxygen atoms in total. The summed E-state index contributed by atoms with van der Waals surface area (Å²) in [6.45, 7) is 9.80. The number of hydrogen-bond donors (Lipinski definition) is 1. The van der Waals surface area contributed by atoms with E-state index in [0.717, 1.165) is 22.4 Å². The van der Waals surface area contributed by atoms with Gasteiger partial charge in [0.2, 0.25) is 5.88 Å². The van der Waals surface area contributed by atoms with Gasteiger partial charge < -0.3 is 24.7 Å². The van der Waals surface area contributed by atoms with Crippen LogP contribution in [-0.4, -0.2) is 19.7 Å². The number of allylic oxidation sites excluding steroid dienone is 2. The van der Waals surface area contributed by atoms with E-state index in [9.17, 15) is 10.1 Å². The Bertz CT molecular complexity index is 1270. The first-order valence-electron chi connectivity index (χ1n) is 11.7. The van der Waals surface area contributed by atoms with E-state index in [4.69, 9.17) is 36.3 Å². The average molecular weight is 511 g/mol. The highest BCUT2D eigenvalue weighted by molar-refractivity contribution is 6.31. The molecule has 0 saturated carbocycles. The Morgan fingerprint density at radius 3 is 2.56 bits per heavy atom. The summed E-state index contributed by atoms with van der Waals surface area (Å²) < 4.78 is 22.6. The predicted molar refractivity (Wildman–Crippen MR) is 138 cm³/mol. The van der Waals surface area contributed by atoms with Crippen molar-refractivity contribution in [1.29, 1.82) is 5.26 Å². The summed E-state index contributed by atoms with van der Waals surface area (Å²) in [4.78, 5) is 12.8. The Kier molecular flexibility index (Phi) is 8.54. The molecule has 3 rings (SSSR count). The summed E-state index contributed by atoms with van der Waals surface area (Å²) in [7, 11) is 1.58. The molecule has 2 aromatic rings. The summed E-state index contributed by atoms with van der Waals surface area (Å²) in [6, 6.07) is 11.4. The Labute approximate surface area is 217 Å². The van der Waals surface area contributed by atoms with Gasteiger partial charge in [0.25, 0.3) is 0 Å². The highest BCUT2D eigenvalue weighted by Gasteiger charge is 2.36. The van der Waals surface area contributed by atoms with E-state index in [1.54, 1.807) is 33.1 Å². The number of esters is 1. The van der Waals surface area contributed by atoms with Crippen molar-refractivity contribution in [1.82, 2.24) is 0 Å². The minimum absolute atomic E-state index is 0.0418. The number of ether oxygens (including phenoxy) is 4. The van der Waals surface area contributed by atoms with Crippen molar-refractivity contribution in [2.75, 3.05) is 13.7 Å². The number of carbonyl (C=O) groups is 1. The van der Waals surface area contributed by atoms with Crippen molar-refractivity contribution < 1.29 is 23.7 Å². The highest BCUT2D eigenvalue weighted by Crippen LogP contribution is 2.41. The van der Waals surface area contributed by atoms with E-state index in [2.05, 4.69) is 19.9 Å². The molecule has 0 aliphatic carbocycles. The van der Waals surface area contributed by atoms with Crippen molar-refractivity contribution >= 4 is 17.6 Å². The van der Waals surface area contributed by atoms with Gasteiger partial charge in [0.15, 0.2) is 0 Å². The number of nitrogens with zero attached hydrogens (tertiary/aromatic N) is 1. The standard InChI is InChI=1S/C28H31ClN2O5/c1-7-34-28(32)25-17(5)36-27(31)21(13-30)26(25)18-8-9-23(33-6)19(11-18)14-35-24-10-16(4)22(29)12-20(24)15(2)3/h8-12,15,26H,7,14,31H2,1-6H3. The molecule has 1 heterocycles. The third-order valence-corrected chi connectivity index (χ3v) is 6.44. The second-order valence-corrected chi connectivity index (χ2v) is 9.18. The molecule has 8 heteroatoms. The molecular weight excluding hydrogens is 480 g/mol. The van der Waals surface area contributed by atoms with Gasteiger partial charge in [0, 0.05) is 10.6 Å². The fourth-order valence-corrected chi connectivity index (χ4v) is 4.35. The smallest absolute Gasteiger partial charge is 0.338 e. The Hall–Kier alpha value is -3.63. The maximum atomic E-state index is 12.8. The van der Waals surface area contributed by atoms with Gasteiger partial charge in [-0.1, -0.05) is 31.5 Å². The molecule has 2 aromatic carbocycles. The minimum Gasteiger partial charge on any atom is -0.496 e. The van der Waals surface area contributed by atoms with E-state index in [1.165, 1.54) is 0 Å². The fourth-order valence-electron chi connectivity index (χ4n) is 4.18. The predicted octanol–water partition coefficient (Wildman–Crippen LogP) is 6.00. The molecule has 0 aromatic heterocycles. The molecule has 1 aliphatic heterocycles. The van der Waals surface area contributed by atoms with Crippen LogP contribution in [0.15, 0.2) is 53.1 Å². The molecule has 0 fully saturated rings. The molecule has 190 valence electrons. The maximum absolute atomic E-state index is 12.8. The van der Waals surface area contributed by atoms with Crippen LogP contribution < -0.4 is 15.2 Å². The largest absolute Gasteiger partial charge is 0.496 e. The van der Waals surface area contributed by atoms with E-state index < -0.39 is 11.9 Å². The first kappa shape index (κ1) is 27.0. The third-order valence-electron chi connectivity index (χ3n) is 6.03. The van der Waals surface area contributed by atoms with Crippen molar-refractivity contribution in [3.05, 3.63) is 80.4 Å². The number of halogens is 1. The zero-order valence-corrected chi connectivity index (χ0v) is 22.2. The lowest BCUT2D eigenvalue weighted by molar-refractivity contribution is -0.139. The number of nitriles is 1. The molecule has 2 N–H and O–H groups in total. The van der Waals surface area contributed by atoms with Gasteiger partial charge in [-0.05, 0) is 67.6 Å². The lowest BCUT2D eigenvalue weighted by Crippen LogP contribution is -2.25. The zero-order chi connectivity index (χ0) is 26.6. The van der Waals surface area contributed by atoms with Gasteiger partial charge >= 0.3 is 5.97 Å². The van der Waals surface area contributed by atoms with Crippen LogP contribution in [0.4, 0.5) is 0 Å². The van der Waals surface area contributed by atoms with Crippen molar-refractivity contribution in [2.45, 2.75) is 53.1 Å². The molecule has 36 heavy (non-hydrogen) atoms. The molecule has 0 radical (unpaired) electrons. The number of hydrogen-bond acceptors (Lipinski definition) is 7. The van der Waals surface area contributed by atoms with E-state index in [1.807, 2.05) is 25.1 Å². The molecule has 1 unspecified atom stereocenters. The minimum atomic E-state index is -0.753. The zero-order valence-electron chi connectivity index (χ0n) is 21.4. The number of nitrogens with two attached hydrogens (primary N) is 1. The highest BCUT2D eigenvalue weighted by atomic mass is 35.5. The van der Waals surface area contributed by atoms with Crippen LogP contribution in [0, 0.1) is 18.3 Å². The number of rotatable bonds is 8. The van der Waals surface area contributed by atoms with Gasteiger partial charge in [-0.2, -0.15) is 5.26 Å². The molecule has 0 bridgehead atoms. The van der Waals surface area contributed by atoms with Gasteiger partial charge in [0.05, 0.1) is 25.2 Å². The topological polar surface area (TPSA) is 104 Å². The number of aryl methyl sites for hydroxylation is 1. The normalized spacial score (nSPS) is 15.5. The molecule has 0 amide bonds. The molecule has 0 saturated heterocycles. The van der Waals surface area contributed by atoms with Crippen LogP contribution in [0.5, 0.6) is 11.5 Å². The maximum Gasteiger partial charge on any atom is 0.338 e. The monoisotopic (exact) mass is 510 g/mol. The fraction of sp³-hybridized carbons (Fsp3) is 0.357. The van der Waals surface area contributed by atoms with Crippen LogP contribution in [0.1, 0.15) is 61.8 Å². The number of carbonyl (C=O) groups excluding carboxylic acids is 1. The van der Waals surface area contributed by atoms with Crippen molar-refractivity contribution in [2.24, 2.45) is 5.73 Å². The lowest BCUT2D eigenvalue weighted by atomic mass is 9.82. The first-order chi connectivity index (χ1) is 17.1. The molecular formula is C28H31ClN2O5. The van der Waals surface area contributed by atoms with Crippen LogP contribution in [0.3, 0.4) is 0 Å². The van der Waals surface area contributed by atoms with Crippen LogP contribution >= 0.6 is 11.6 Å². The second-order valence-electron chi connectivity index (χ2n) is 8.77. The van der Waals surface area contributed by atoms with Crippen LogP contribution in [-0.2, 0) is 20.9 Å². The van der Waals surface area contributed by atoms with E-state index in [0.29, 0.717) is 22.1 Å². The van der Waals surface area contributed by atoms with Gasteiger partial charge in [-0.3, -0.25) is 0 Å². The van der Waals surface area contributed by atoms with Crippen molar-refractivity contribution in [3.8, 4) is 17.6 Å². The van der Waals surface area contributed by atoms with Gasteiger partial charge in [0.1, 0.15) is 35.5 Å². The van der Waals surface area contributed by atoms with Gasteiger partial charge in [-0.25, -0.2) is 4.79 Å². The third kappa shape index (κ3) is 5.44. The lowest BCUT2D eigenvalue weighted by Gasteiger charge is -2.27. The van der Waals surface area contributed by atoms with Crippen LogP contribution in [0.2, 0.25) is 5.02 Å². The van der Waals surface area contributed by atoms with Crippen molar-refractivity contribution in [3.63, 3.8) is 0 Å².